The Morgan fingerprint density at radius 3 is 2.59 bits per heavy atom. The second-order valence-corrected chi connectivity index (χ2v) is 7.22. The number of rotatable bonds is 7. The van der Waals surface area contributed by atoms with Gasteiger partial charge in [0.15, 0.2) is 11.6 Å². The van der Waals surface area contributed by atoms with Gasteiger partial charge in [-0.3, -0.25) is 14.9 Å². The molecule has 0 aliphatic carbocycles. The maximum atomic E-state index is 13.6. The molecule has 8 heteroatoms. The van der Waals surface area contributed by atoms with Crippen LogP contribution < -0.4 is 5.32 Å². The number of hydrogen-bond donors (Lipinski definition) is 3. The number of hydrogen-bond acceptors (Lipinski definition) is 4. The number of aliphatic hydroxyl groups is 1. The minimum Gasteiger partial charge on any atom is -0.394 e. The Bertz CT molecular complexity index is 1230. The fraction of sp³-hybridized carbons (Fsp3) is 0.125. The third-order valence-corrected chi connectivity index (χ3v) is 4.99. The summed E-state index contributed by atoms with van der Waals surface area (Å²) in [7, 11) is 0. The monoisotopic (exact) mass is 434 g/mol. The van der Waals surface area contributed by atoms with Crippen LogP contribution in [0.25, 0.3) is 22.5 Å². The van der Waals surface area contributed by atoms with Crippen LogP contribution in [-0.2, 0) is 6.42 Å². The summed E-state index contributed by atoms with van der Waals surface area (Å²) in [6.45, 7) is -0.241. The van der Waals surface area contributed by atoms with Gasteiger partial charge in [0.25, 0.3) is 5.91 Å². The molecule has 6 nitrogen and oxygen atoms in total. The van der Waals surface area contributed by atoms with Crippen molar-refractivity contribution < 1.29 is 18.7 Å². The number of nitrogens with zero attached hydrogens (tertiary/aromatic N) is 2. The van der Waals surface area contributed by atoms with Crippen molar-refractivity contribution >= 4 is 5.91 Å². The fourth-order valence-electron chi connectivity index (χ4n) is 3.37. The SMILES string of the molecule is O=C(NC(CO)Cc1ccccn1)c1ccccc1-c1cc(-c2ccc(F)c(F)c2)n[nH]1. The lowest BCUT2D eigenvalue weighted by molar-refractivity contribution is 0.0917. The van der Waals surface area contributed by atoms with Gasteiger partial charge in [0, 0.05) is 35.0 Å². The molecule has 0 aliphatic heterocycles. The van der Waals surface area contributed by atoms with Crippen molar-refractivity contribution in [2.75, 3.05) is 6.61 Å². The molecular weight excluding hydrogens is 414 g/mol. The van der Waals surface area contributed by atoms with Crippen molar-refractivity contribution in [3.05, 3.63) is 95.8 Å². The van der Waals surface area contributed by atoms with E-state index in [1.807, 2.05) is 12.1 Å². The highest BCUT2D eigenvalue weighted by atomic mass is 19.2. The topological polar surface area (TPSA) is 90.9 Å². The standard InChI is InChI=1S/C24H20F2N4O2/c25-20-9-8-15(11-21(20)26)22-13-23(30-29-22)18-6-1-2-7-19(18)24(32)28-17(14-31)12-16-5-3-4-10-27-16/h1-11,13,17,31H,12,14H2,(H,28,32)(H,29,30). The number of carbonyl (C=O) groups excluding carboxylic acids is 1. The van der Waals surface area contributed by atoms with Crippen LogP contribution in [0.2, 0.25) is 0 Å². The Hall–Kier alpha value is -3.91. The molecule has 0 bridgehead atoms. The number of pyridine rings is 1. The highest BCUT2D eigenvalue weighted by Gasteiger charge is 2.19. The quantitative estimate of drug-likeness (QED) is 0.413. The highest BCUT2D eigenvalue weighted by molar-refractivity contribution is 6.00. The Morgan fingerprint density at radius 2 is 1.84 bits per heavy atom. The zero-order chi connectivity index (χ0) is 22.5. The van der Waals surface area contributed by atoms with Crippen LogP contribution in [0.15, 0.2) is 72.9 Å². The number of nitrogens with one attached hydrogen (secondary N) is 2. The van der Waals surface area contributed by atoms with Gasteiger partial charge < -0.3 is 10.4 Å². The molecule has 0 spiro atoms. The molecule has 2 aromatic heterocycles. The Morgan fingerprint density at radius 1 is 1.03 bits per heavy atom. The first kappa shape index (κ1) is 21.3. The third kappa shape index (κ3) is 4.70. The van der Waals surface area contributed by atoms with E-state index >= 15 is 0 Å². The molecule has 4 aromatic rings. The zero-order valence-corrected chi connectivity index (χ0v) is 16.9. The number of aromatic amines is 1. The van der Waals surface area contributed by atoms with Crippen LogP contribution in [0.1, 0.15) is 16.1 Å². The van der Waals surface area contributed by atoms with E-state index in [2.05, 4.69) is 20.5 Å². The third-order valence-electron chi connectivity index (χ3n) is 4.99. The summed E-state index contributed by atoms with van der Waals surface area (Å²) >= 11 is 0. The van der Waals surface area contributed by atoms with Crippen LogP contribution >= 0.6 is 0 Å². The number of amides is 1. The second-order valence-electron chi connectivity index (χ2n) is 7.22. The van der Waals surface area contributed by atoms with E-state index in [1.165, 1.54) is 6.07 Å². The molecule has 2 heterocycles. The molecule has 0 fully saturated rings. The maximum Gasteiger partial charge on any atom is 0.252 e. The van der Waals surface area contributed by atoms with Crippen LogP contribution in [0.4, 0.5) is 8.78 Å². The Kier molecular flexibility index (Phi) is 6.32. The predicted octanol–water partition coefficient (Wildman–Crippen LogP) is 3.75. The summed E-state index contributed by atoms with van der Waals surface area (Å²) < 4.78 is 26.8. The lowest BCUT2D eigenvalue weighted by Crippen LogP contribution is -2.39. The number of aromatic nitrogens is 3. The average Bonchev–Trinajstić information content (AvgIpc) is 3.31. The van der Waals surface area contributed by atoms with Crippen LogP contribution in [0, 0.1) is 11.6 Å². The number of carbonyl (C=O) groups is 1. The van der Waals surface area contributed by atoms with E-state index in [0.29, 0.717) is 34.5 Å². The molecule has 3 N–H and O–H groups in total. The number of halogens is 2. The van der Waals surface area contributed by atoms with E-state index in [0.717, 1.165) is 17.8 Å². The van der Waals surface area contributed by atoms with E-state index in [4.69, 9.17) is 0 Å². The molecule has 4 rings (SSSR count). The van der Waals surface area contributed by atoms with Gasteiger partial charge in [-0.1, -0.05) is 24.3 Å². The lowest BCUT2D eigenvalue weighted by Gasteiger charge is -2.17. The molecule has 32 heavy (non-hydrogen) atoms. The average molecular weight is 434 g/mol. The van der Waals surface area contributed by atoms with Crippen molar-refractivity contribution in [3.8, 4) is 22.5 Å². The molecule has 0 radical (unpaired) electrons. The molecule has 1 amide bonds. The molecule has 0 saturated carbocycles. The number of H-pyrrole nitrogens is 1. The van der Waals surface area contributed by atoms with Crippen molar-refractivity contribution in [1.29, 1.82) is 0 Å². The smallest absolute Gasteiger partial charge is 0.252 e. The first-order valence-corrected chi connectivity index (χ1v) is 9.97. The van der Waals surface area contributed by atoms with Gasteiger partial charge in [0.2, 0.25) is 0 Å². The molecule has 0 aliphatic rings. The van der Waals surface area contributed by atoms with Gasteiger partial charge >= 0.3 is 0 Å². The predicted molar refractivity (Wildman–Crippen MR) is 116 cm³/mol. The molecule has 1 atom stereocenters. The molecular formula is C24H20F2N4O2. The minimum absolute atomic E-state index is 0.241. The van der Waals surface area contributed by atoms with Gasteiger partial charge in [-0.2, -0.15) is 5.10 Å². The zero-order valence-electron chi connectivity index (χ0n) is 16.9. The first-order valence-electron chi connectivity index (χ1n) is 9.97. The fourth-order valence-corrected chi connectivity index (χ4v) is 3.37. The van der Waals surface area contributed by atoms with Crippen LogP contribution in [-0.4, -0.2) is 38.8 Å². The lowest BCUT2D eigenvalue weighted by atomic mass is 10.0. The Balaban J connectivity index is 1.57. The van der Waals surface area contributed by atoms with E-state index < -0.39 is 17.7 Å². The van der Waals surface area contributed by atoms with E-state index in [-0.39, 0.29) is 12.5 Å². The van der Waals surface area contributed by atoms with Gasteiger partial charge in [-0.05, 0) is 42.5 Å². The van der Waals surface area contributed by atoms with Gasteiger partial charge in [0.05, 0.1) is 24.0 Å². The van der Waals surface area contributed by atoms with Crippen LogP contribution in [0.5, 0.6) is 0 Å². The van der Waals surface area contributed by atoms with Gasteiger partial charge in [0.1, 0.15) is 0 Å². The van der Waals surface area contributed by atoms with Gasteiger partial charge in [-0.25, -0.2) is 8.78 Å². The molecule has 0 saturated heterocycles. The summed E-state index contributed by atoms with van der Waals surface area (Å²) in [6, 6.07) is 17.1. The summed E-state index contributed by atoms with van der Waals surface area (Å²) in [5.41, 5.74) is 3.08. The molecule has 1 unspecified atom stereocenters. The summed E-state index contributed by atoms with van der Waals surface area (Å²) in [4.78, 5) is 17.2. The van der Waals surface area contributed by atoms with Gasteiger partial charge in [-0.15, -0.1) is 0 Å². The van der Waals surface area contributed by atoms with E-state index in [1.54, 1.807) is 42.6 Å². The van der Waals surface area contributed by atoms with Crippen molar-refractivity contribution in [1.82, 2.24) is 20.5 Å². The molecule has 162 valence electrons. The number of benzene rings is 2. The van der Waals surface area contributed by atoms with Crippen LogP contribution in [0.3, 0.4) is 0 Å². The number of aliphatic hydroxyl groups excluding tert-OH is 1. The molecule has 2 aromatic carbocycles. The normalized spacial score (nSPS) is 11.8. The van der Waals surface area contributed by atoms with Crippen molar-refractivity contribution in [2.45, 2.75) is 12.5 Å². The summed E-state index contributed by atoms with van der Waals surface area (Å²) in [5, 5.41) is 19.6. The van der Waals surface area contributed by atoms with E-state index in [9.17, 15) is 18.7 Å². The second kappa shape index (κ2) is 9.49. The highest BCUT2D eigenvalue weighted by Crippen LogP contribution is 2.27. The maximum absolute atomic E-state index is 13.6. The van der Waals surface area contributed by atoms with Crippen molar-refractivity contribution in [3.63, 3.8) is 0 Å². The van der Waals surface area contributed by atoms with Crippen molar-refractivity contribution in [2.24, 2.45) is 0 Å². The summed E-state index contributed by atoms with van der Waals surface area (Å²) in [6.07, 6.45) is 2.04. The first-order chi connectivity index (χ1) is 15.5. The Labute approximate surface area is 183 Å². The minimum atomic E-state index is -0.963. The largest absolute Gasteiger partial charge is 0.394 e. The summed E-state index contributed by atoms with van der Waals surface area (Å²) in [5.74, 6) is -2.26.